The molecule has 0 fully saturated rings. The molecule has 0 aliphatic carbocycles. The van der Waals surface area contributed by atoms with Gasteiger partial charge in [0.2, 0.25) is 0 Å². The van der Waals surface area contributed by atoms with Gasteiger partial charge in [0.15, 0.2) is 0 Å². The zero-order chi connectivity index (χ0) is 0. The van der Waals surface area contributed by atoms with E-state index in [0.717, 1.165) is 0 Å². The van der Waals surface area contributed by atoms with Crippen LogP contribution in [0.15, 0.2) is 0 Å². The zero-order valence-electron chi connectivity index (χ0n) is 3.45. The van der Waals surface area contributed by atoms with Crippen LogP contribution in [0, 0.1) is 0 Å². The van der Waals surface area contributed by atoms with Crippen LogP contribution >= 0.6 is 0 Å². The van der Waals surface area contributed by atoms with Crippen molar-refractivity contribution in [3.05, 3.63) is 0 Å². The van der Waals surface area contributed by atoms with E-state index in [-0.39, 0.29) is 113 Å². The predicted molar refractivity (Wildman–Crippen MR) is 5.75 cm³/mol. The van der Waals surface area contributed by atoms with Crippen LogP contribution in [-0.4, -0.2) is 24.4 Å². The molecule has 0 aliphatic heterocycles. The van der Waals surface area contributed by atoms with Crippen molar-refractivity contribution in [2.75, 3.05) is 0 Å². The maximum absolute atomic E-state index is 0. The van der Waals surface area contributed by atoms with Crippen LogP contribution in [0.25, 0.3) is 0 Å². The van der Waals surface area contributed by atoms with Crippen molar-refractivity contribution in [1.82, 2.24) is 0 Å². The van der Waals surface area contributed by atoms with Gasteiger partial charge in [0.05, 0.1) is 0 Å². The molecule has 3 radical (unpaired) electrons. The smallest absolute Gasteiger partial charge is 0 e. The molecule has 0 heterocycles. The summed E-state index contributed by atoms with van der Waals surface area (Å²) < 4.78 is 0. The topological polar surface area (TPSA) is 0 Å². The molecule has 0 atom stereocenters. The maximum Gasteiger partial charge on any atom is 1.00 e. The van der Waals surface area contributed by atoms with Gasteiger partial charge >= 0.3 is 88.7 Å². The molecular formula is Na3Sb+3. The summed E-state index contributed by atoms with van der Waals surface area (Å²) in [7, 11) is 0. The molecule has 0 bridgehead atoms. The van der Waals surface area contributed by atoms with E-state index in [2.05, 4.69) is 0 Å². The van der Waals surface area contributed by atoms with E-state index in [9.17, 15) is 0 Å². The first kappa shape index (κ1) is 24.9. The van der Waals surface area contributed by atoms with Crippen LogP contribution in [0.5, 0.6) is 0 Å². The molecule has 0 aliphatic rings. The molecule has 0 nitrogen and oxygen atoms in total. The van der Waals surface area contributed by atoms with Gasteiger partial charge in [-0.15, -0.1) is 0 Å². The van der Waals surface area contributed by atoms with E-state index in [0.29, 0.717) is 0 Å². The van der Waals surface area contributed by atoms with Gasteiger partial charge in [-0.2, -0.15) is 0 Å². The van der Waals surface area contributed by atoms with E-state index < -0.39 is 0 Å². The van der Waals surface area contributed by atoms with Gasteiger partial charge in [0.25, 0.3) is 0 Å². The van der Waals surface area contributed by atoms with Gasteiger partial charge in [-0.05, 0) is 0 Å². The minimum Gasteiger partial charge on any atom is 0 e. The molecule has 0 aromatic heterocycles. The summed E-state index contributed by atoms with van der Waals surface area (Å²) in [6, 6.07) is 0. The molecule has 0 unspecified atom stereocenters. The molecule has 5 valence electrons. The summed E-state index contributed by atoms with van der Waals surface area (Å²) in [6.07, 6.45) is 0. The molecular weight excluding hydrogens is 191 g/mol. The monoisotopic (exact) mass is 190 g/mol. The summed E-state index contributed by atoms with van der Waals surface area (Å²) in [5, 5.41) is 0. The first-order valence-electron chi connectivity index (χ1n) is 0. The average Bonchev–Trinajstić information content (AvgIpc) is 0. The van der Waals surface area contributed by atoms with Crippen molar-refractivity contribution >= 4 is 24.4 Å². The Morgan fingerprint density at radius 1 is 0.500 bits per heavy atom. The third-order valence-electron chi connectivity index (χ3n) is 0. The van der Waals surface area contributed by atoms with E-state index >= 15 is 0 Å². The van der Waals surface area contributed by atoms with E-state index in [1.54, 1.807) is 0 Å². The fourth-order valence-electron chi connectivity index (χ4n) is 0. The number of rotatable bonds is 0. The first-order chi connectivity index (χ1) is 0. The van der Waals surface area contributed by atoms with E-state index in [1.807, 2.05) is 0 Å². The normalized spacial score (nSPS) is 0. The Kier molecular flexibility index (Phi) is 98.7. The Hall–Kier alpha value is 3.82. The number of hydrogen-bond acceptors (Lipinski definition) is 0. The maximum atomic E-state index is 0. The molecule has 0 N–H and O–H groups in total. The van der Waals surface area contributed by atoms with Gasteiger partial charge in [-0.25, -0.2) is 0 Å². The quantitative estimate of drug-likeness (QED) is 0.333. The summed E-state index contributed by atoms with van der Waals surface area (Å²) >= 11 is 0. The third-order valence-corrected chi connectivity index (χ3v) is 0. The summed E-state index contributed by atoms with van der Waals surface area (Å²) in [5.74, 6) is 0. The molecule has 4 heteroatoms. The Bertz CT molecular complexity index is 3.25. The average molecular weight is 191 g/mol. The molecule has 0 rings (SSSR count). The van der Waals surface area contributed by atoms with Crippen LogP contribution in [0.1, 0.15) is 0 Å². The van der Waals surface area contributed by atoms with Crippen molar-refractivity contribution in [2.24, 2.45) is 0 Å². The van der Waals surface area contributed by atoms with E-state index in [4.69, 9.17) is 0 Å². The van der Waals surface area contributed by atoms with Crippen LogP contribution in [0.3, 0.4) is 0 Å². The Labute approximate surface area is 110 Å². The molecule has 0 aromatic rings. The minimum absolute atomic E-state index is 0. The van der Waals surface area contributed by atoms with Gasteiger partial charge in [0.1, 0.15) is 0 Å². The largest absolute Gasteiger partial charge is 1.00 e. The molecule has 0 aromatic carbocycles. The minimum atomic E-state index is 0. The van der Waals surface area contributed by atoms with Crippen LogP contribution < -0.4 is 88.7 Å². The zero-order valence-corrected chi connectivity index (χ0v) is 12.0. The summed E-state index contributed by atoms with van der Waals surface area (Å²) in [6.45, 7) is 0. The fourth-order valence-corrected chi connectivity index (χ4v) is 0. The van der Waals surface area contributed by atoms with Gasteiger partial charge < -0.3 is 0 Å². The Morgan fingerprint density at radius 3 is 0.500 bits per heavy atom. The third kappa shape index (κ3) is 9.26. The van der Waals surface area contributed by atoms with Crippen molar-refractivity contribution in [1.29, 1.82) is 0 Å². The number of hydrogen-bond donors (Lipinski definition) is 0. The van der Waals surface area contributed by atoms with Gasteiger partial charge in [-0.1, -0.05) is 0 Å². The molecule has 0 saturated heterocycles. The fraction of sp³-hybridized carbons (Fsp3) is 0. The SMILES string of the molecule is [Na+].[Na+].[Na+].[Sb]. The second-order valence-corrected chi connectivity index (χ2v) is 0. The molecule has 4 heavy (non-hydrogen) atoms. The molecule has 0 saturated carbocycles. The molecule has 0 amide bonds. The molecule has 0 spiro atoms. The van der Waals surface area contributed by atoms with Crippen molar-refractivity contribution < 1.29 is 88.7 Å². The Balaban J connectivity index is 0. The van der Waals surface area contributed by atoms with Crippen molar-refractivity contribution in [2.45, 2.75) is 0 Å². The van der Waals surface area contributed by atoms with Gasteiger partial charge in [-0.3, -0.25) is 0 Å². The predicted octanol–water partition coefficient (Wildman–Crippen LogP) is -9.37. The van der Waals surface area contributed by atoms with Crippen LogP contribution in [0.4, 0.5) is 0 Å². The Morgan fingerprint density at radius 2 is 0.500 bits per heavy atom. The van der Waals surface area contributed by atoms with Crippen molar-refractivity contribution in [3.63, 3.8) is 0 Å². The summed E-state index contributed by atoms with van der Waals surface area (Å²) in [4.78, 5) is 0. The summed E-state index contributed by atoms with van der Waals surface area (Å²) in [5.41, 5.74) is 0. The van der Waals surface area contributed by atoms with Crippen LogP contribution in [-0.2, 0) is 0 Å². The second-order valence-electron chi connectivity index (χ2n) is 0. The second kappa shape index (κ2) is 15.8. The van der Waals surface area contributed by atoms with Gasteiger partial charge in [0, 0.05) is 24.4 Å². The van der Waals surface area contributed by atoms with E-state index in [1.165, 1.54) is 0 Å². The first-order valence-corrected chi connectivity index (χ1v) is 0. The van der Waals surface area contributed by atoms with Crippen molar-refractivity contribution in [3.8, 4) is 0 Å². The standard InChI is InChI=1S/3Na.Sb/q3*+1;. The van der Waals surface area contributed by atoms with Crippen LogP contribution in [0.2, 0.25) is 0 Å².